The second-order valence-corrected chi connectivity index (χ2v) is 3.90. The van der Waals surface area contributed by atoms with E-state index in [-0.39, 0.29) is 11.7 Å². The van der Waals surface area contributed by atoms with E-state index in [0.717, 1.165) is 12.0 Å². The van der Waals surface area contributed by atoms with Gasteiger partial charge in [-0.15, -0.1) is 0 Å². The van der Waals surface area contributed by atoms with Crippen LogP contribution < -0.4 is 10.5 Å². The van der Waals surface area contributed by atoms with Crippen LogP contribution in [0.4, 0.5) is 4.39 Å². The number of halogens is 2. The van der Waals surface area contributed by atoms with Gasteiger partial charge in [0, 0.05) is 5.56 Å². The number of methoxy groups -OCH3 is 1. The molecule has 0 spiro atoms. The van der Waals surface area contributed by atoms with Crippen molar-refractivity contribution in [3.8, 4) is 5.75 Å². The van der Waals surface area contributed by atoms with Crippen molar-refractivity contribution in [2.45, 2.75) is 19.3 Å². The van der Waals surface area contributed by atoms with Crippen molar-refractivity contribution in [3.05, 3.63) is 28.5 Å². The van der Waals surface area contributed by atoms with Crippen LogP contribution in [0.25, 0.3) is 0 Å². The normalized spacial score (nSPS) is 12.6. The molecule has 0 amide bonds. The molecular weight excluding hydrogens is 217 g/mol. The third kappa shape index (κ3) is 2.83. The van der Waals surface area contributed by atoms with Gasteiger partial charge in [0.15, 0.2) is 0 Å². The van der Waals surface area contributed by atoms with Crippen molar-refractivity contribution in [2.75, 3.05) is 13.7 Å². The van der Waals surface area contributed by atoms with Crippen LogP contribution in [0.3, 0.4) is 0 Å². The SMILES string of the molecule is COc1c(Cl)cc(F)cc1C(C)CCN. The Morgan fingerprint density at radius 3 is 2.73 bits per heavy atom. The lowest BCUT2D eigenvalue weighted by Gasteiger charge is -2.16. The van der Waals surface area contributed by atoms with E-state index in [9.17, 15) is 4.39 Å². The Hall–Kier alpha value is -0.800. The fourth-order valence-electron chi connectivity index (χ4n) is 1.57. The summed E-state index contributed by atoms with van der Waals surface area (Å²) in [6, 6.07) is 2.70. The van der Waals surface area contributed by atoms with E-state index in [2.05, 4.69) is 0 Å². The predicted molar refractivity (Wildman–Crippen MR) is 60.0 cm³/mol. The van der Waals surface area contributed by atoms with E-state index in [0.29, 0.717) is 17.3 Å². The van der Waals surface area contributed by atoms with Gasteiger partial charge in [-0.25, -0.2) is 4.39 Å². The lowest BCUT2D eigenvalue weighted by molar-refractivity contribution is 0.404. The lowest BCUT2D eigenvalue weighted by atomic mass is 9.97. The van der Waals surface area contributed by atoms with Crippen LogP contribution in [0.5, 0.6) is 5.75 Å². The smallest absolute Gasteiger partial charge is 0.141 e. The quantitative estimate of drug-likeness (QED) is 0.865. The molecule has 0 radical (unpaired) electrons. The van der Waals surface area contributed by atoms with Crippen LogP contribution >= 0.6 is 11.6 Å². The number of hydrogen-bond donors (Lipinski definition) is 1. The summed E-state index contributed by atoms with van der Waals surface area (Å²) in [6.45, 7) is 2.53. The summed E-state index contributed by atoms with van der Waals surface area (Å²) < 4.78 is 18.3. The Kier molecular flexibility index (Phi) is 4.36. The van der Waals surface area contributed by atoms with Crippen LogP contribution in [0.1, 0.15) is 24.8 Å². The molecule has 0 saturated heterocycles. The molecule has 1 atom stereocenters. The number of nitrogens with two attached hydrogens (primary N) is 1. The second kappa shape index (κ2) is 5.33. The molecule has 84 valence electrons. The fraction of sp³-hybridized carbons (Fsp3) is 0.455. The van der Waals surface area contributed by atoms with E-state index in [4.69, 9.17) is 22.1 Å². The average molecular weight is 232 g/mol. The van der Waals surface area contributed by atoms with Gasteiger partial charge < -0.3 is 10.5 Å². The second-order valence-electron chi connectivity index (χ2n) is 3.49. The van der Waals surface area contributed by atoms with Gasteiger partial charge >= 0.3 is 0 Å². The molecule has 1 rings (SSSR count). The minimum atomic E-state index is -0.348. The Bertz CT molecular complexity index is 344. The van der Waals surface area contributed by atoms with E-state index in [1.807, 2.05) is 6.92 Å². The first-order chi connectivity index (χ1) is 7.10. The van der Waals surface area contributed by atoms with Gasteiger partial charge in [0.05, 0.1) is 12.1 Å². The molecule has 0 heterocycles. The standard InChI is InChI=1S/C11H15ClFNO/c1-7(3-4-14)9-5-8(13)6-10(12)11(9)15-2/h5-7H,3-4,14H2,1-2H3. The minimum Gasteiger partial charge on any atom is -0.495 e. The Balaban J connectivity index is 3.13. The van der Waals surface area contributed by atoms with E-state index >= 15 is 0 Å². The largest absolute Gasteiger partial charge is 0.495 e. The Morgan fingerprint density at radius 2 is 2.20 bits per heavy atom. The average Bonchev–Trinajstić information content (AvgIpc) is 2.17. The third-order valence-corrected chi connectivity index (χ3v) is 2.65. The molecule has 0 aromatic heterocycles. The van der Waals surface area contributed by atoms with Gasteiger partial charge in [-0.3, -0.25) is 0 Å². The predicted octanol–water partition coefficient (Wildman–Crippen LogP) is 2.94. The van der Waals surface area contributed by atoms with Gasteiger partial charge in [0.2, 0.25) is 0 Å². The van der Waals surface area contributed by atoms with E-state index < -0.39 is 0 Å². The third-order valence-electron chi connectivity index (χ3n) is 2.37. The molecule has 0 aliphatic carbocycles. The molecule has 1 aromatic carbocycles. The molecule has 0 aliphatic rings. The fourth-order valence-corrected chi connectivity index (χ4v) is 1.86. The highest BCUT2D eigenvalue weighted by Gasteiger charge is 2.15. The van der Waals surface area contributed by atoms with Crippen LogP contribution in [0.15, 0.2) is 12.1 Å². The topological polar surface area (TPSA) is 35.2 Å². The van der Waals surface area contributed by atoms with Crippen LogP contribution in [-0.4, -0.2) is 13.7 Å². The molecule has 15 heavy (non-hydrogen) atoms. The molecule has 0 bridgehead atoms. The number of hydrogen-bond acceptors (Lipinski definition) is 2. The van der Waals surface area contributed by atoms with Crippen molar-refractivity contribution in [1.82, 2.24) is 0 Å². The first-order valence-electron chi connectivity index (χ1n) is 4.83. The number of ether oxygens (including phenoxy) is 1. The van der Waals surface area contributed by atoms with Crippen molar-refractivity contribution in [1.29, 1.82) is 0 Å². The highest BCUT2D eigenvalue weighted by Crippen LogP contribution is 2.35. The zero-order chi connectivity index (χ0) is 11.4. The number of benzene rings is 1. The van der Waals surface area contributed by atoms with Crippen LogP contribution in [0, 0.1) is 5.82 Å². The van der Waals surface area contributed by atoms with Crippen molar-refractivity contribution >= 4 is 11.6 Å². The zero-order valence-electron chi connectivity index (χ0n) is 8.89. The first kappa shape index (κ1) is 12.3. The molecule has 0 fully saturated rings. The summed E-state index contributed by atoms with van der Waals surface area (Å²) in [4.78, 5) is 0. The van der Waals surface area contributed by atoms with Gasteiger partial charge in [0.25, 0.3) is 0 Å². The molecule has 2 N–H and O–H groups in total. The Labute approximate surface area is 94.2 Å². The van der Waals surface area contributed by atoms with Crippen molar-refractivity contribution in [2.24, 2.45) is 5.73 Å². The molecule has 1 aromatic rings. The van der Waals surface area contributed by atoms with Crippen LogP contribution in [0.2, 0.25) is 5.02 Å². The summed E-state index contributed by atoms with van der Waals surface area (Å²) >= 11 is 5.88. The Morgan fingerprint density at radius 1 is 1.53 bits per heavy atom. The highest BCUT2D eigenvalue weighted by molar-refractivity contribution is 6.32. The van der Waals surface area contributed by atoms with Gasteiger partial charge in [-0.05, 0) is 31.0 Å². The molecule has 4 heteroatoms. The molecule has 1 unspecified atom stereocenters. The maximum Gasteiger partial charge on any atom is 0.141 e. The van der Waals surface area contributed by atoms with E-state index in [1.54, 1.807) is 0 Å². The summed E-state index contributed by atoms with van der Waals surface area (Å²) in [7, 11) is 1.53. The minimum absolute atomic E-state index is 0.137. The highest BCUT2D eigenvalue weighted by atomic mass is 35.5. The maximum absolute atomic E-state index is 13.2. The first-order valence-corrected chi connectivity index (χ1v) is 5.21. The summed E-state index contributed by atoms with van der Waals surface area (Å²) in [6.07, 6.45) is 0.774. The summed E-state index contributed by atoms with van der Waals surface area (Å²) in [5.74, 6) is 0.330. The summed E-state index contributed by atoms with van der Waals surface area (Å²) in [5.41, 5.74) is 6.24. The number of rotatable bonds is 4. The monoisotopic (exact) mass is 231 g/mol. The van der Waals surface area contributed by atoms with Gasteiger partial charge in [0.1, 0.15) is 11.6 Å². The molecular formula is C11H15ClFNO. The lowest BCUT2D eigenvalue weighted by Crippen LogP contribution is -2.06. The molecule has 0 saturated carbocycles. The van der Waals surface area contributed by atoms with Crippen molar-refractivity contribution in [3.63, 3.8) is 0 Å². The van der Waals surface area contributed by atoms with Crippen molar-refractivity contribution < 1.29 is 9.13 Å². The maximum atomic E-state index is 13.2. The molecule has 0 aliphatic heterocycles. The summed E-state index contributed by atoms with van der Waals surface area (Å²) in [5, 5.41) is 0.302. The van der Waals surface area contributed by atoms with Gasteiger partial charge in [-0.2, -0.15) is 0 Å². The van der Waals surface area contributed by atoms with E-state index in [1.165, 1.54) is 19.2 Å². The van der Waals surface area contributed by atoms with Crippen LogP contribution in [-0.2, 0) is 0 Å². The molecule has 2 nitrogen and oxygen atoms in total. The van der Waals surface area contributed by atoms with Gasteiger partial charge in [-0.1, -0.05) is 18.5 Å². The zero-order valence-corrected chi connectivity index (χ0v) is 9.64.